The molecule has 0 saturated carbocycles. The molecule has 2 aliphatic rings. The van der Waals surface area contributed by atoms with Gasteiger partial charge in [0.2, 0.25) is 0 Å². The fraction of sp³-hybridized carbons (Fsp3) is 0.875. The number of allylic oxidation sites excluding steroid dienone is 4. The second kappa shape index (κ2) is 36.1. The van der Waals surface area contributed by atoms with Crippen LogP contribution in [0.3, 0.4) is 0 Å². The number of ether oxygens (including phenoxy) is 6. The Kier molecular flexibility index (Phi) is 32.8. The molecule has 0 aliphatic carbocycles. The van der Waals surface area contributed by atoms with Crippen molar-refractivity contribution in [1.29, 1.82) is 0 Å². The summed E-state index contributed by atoms with van der Waals surface area (Å²) in [6, 6.07) is 0. The number of hydrogen-bond donors (Lipinski definition) is 7. The number of rotatable bonds is 37. The minimum absolute atomic E-state index is 0.135. The predicted molar refractivity (Wildman–Crippen MR) is 238 cm³/mol. The molecule has 0 amide bonds. The lowest BCUT2D eigenvalue weighted by Crippen LogP contribution is -2.61. The Labute approximate surface area is 377 Å². The third-order valence-electron chi connectivity index (χ3n) is 11.7. The van der Waals surface area contributed by atoms with Crippen LogP contribution in [0.15, 0.2) is 24.3 Å². The molecule has 2 saturated heterocycles. The van der Waals surface area contributed by atoms with Gasteiger partial charge in [-0.3, -0.25) is 9.59 Å². The van der Waals surface area contributed by atoms with Gasteiger partial charge in [0.15, 0.2) is 18.7 Å². The fourth-order valence-corrected chi connectivity index (χ4v) is 7.56. The van der Waals surface area contributed by atoms with Gasteiger partial charge in [0.05, 0.1) is 19.8 Å². The van der Waals surface area contributed by atoms with E-state index in [-0.39, 0.29) is 19.4 Å². The molecular formula is C48H86O15. The highest BCUT2D eigenvalue weighted by Crippen LogP contribution is 2.26. The van der Waals surface area contributed by atoms with Crippen LogP contribution in [0.5, 0.6) is 0 Å². The van der Waals surface area contributed by atoms with E-state index in [0.29, 0.717) is 12.8 Å². The van der Waals surface area contributed by atoms with Crippen molar-refractivity contribution in [2.45, 2.75) is 242 Å². The van der Waals surface area contributed by atoms with Crippen molar-refractivity contribution in [2.24, 2.45) is 0 Å². The number of unbranched alkanes of at least 4 members (excludes halogenated alkanes) is 19. The van der Waals surface area contributed by atoms with Crippen LogP contribution in [-0.2, 0) is 38.0 Å². The van der Waals surface area contributed by atoms with Crippen LogP contribution in [0.2, 0.25) is 0 Å². The largest absolute Gasteiger partial charge is 0.462 e. The zero-order valence-corrected chi connectivity index (χ0v) is 38.6. The lowest BCUT2D eigenvalue weighted by atomic mass is 9.98. The highest BCUT2D eigenvalue weighted by molar-refractivity contribution is 5.70. The minimum Gasteiger partial charge on any atom is -0.462 e. The van der Waals surface area contributed by atoms with E-state index >= 15 is 0 Å². The molecule has 7 N–H and O–H groups in total. The molecule has 0 bridgehead atoms. The molecule has 63 heavy (non-hydrogen) atoms. The quantitative estimate of drug-likeness (QED) is 0.0216. The van der Waals surface area contributed by atoms with Gasteiger partial charge >= 0.3 is 11.9 Å². The first-order valence-electron chi connectivity index (χ1n) is 24.4. The molecule has 0 aromatic rings. The Morgan fingerprint density at radius 2 is 0.905 bits per heavy atom. The molecule has 368 valence electrons. The summed E-state index contributed by atoms with van der Waals surface area (Å²) < 4.78 is 33.5. The van der Waals surface area contributed by atoms with Gasteiger partial charge in [0.25, 0.3) is 0 Å². The standard InChI is InChI=1S/C48H86O15/c1-3-5-7-9-11-13-15-17-18-19-21-23-25-27-29-31-40(51)61-36(33-58-39(50)30-28-26-24-22-20-16-14-12-10-8-6-4-2)34-59-47-46(57)44(55)42(53)38(63-47)35-60-48-45(56)43(54)41(52)37(32-49)62-48/h12,14,21,23,36-38,41-49,52-57H,3-11,13,15-20,22,24-35H2,1-2H3/b14-12+,23-21+/t36-,37-,38-,41+,42+,43?,44?,45?,46?,47-,48-/m1/s1. The van der Waals surface area contributed by atoms with Gasteiger partial charge in [0.1, 0.15) is 55.4 Å². The maximum Gasteiger partial charge on any atom is 0.306 e. The smallest absolute Gasteiger partial charge is 0.306 e. The van der Waals surface area contributed by atoms with E-state index in [0.717, 1.165) is 57.8 Å². The molecule has 2 fully saturated rings. The van der Waals surface area contributed by atoms with E-state index in [1.54, 1.807) is 0 Å². The van der Waals surface area contributed by atoms with Crippen LogP contribution in [0.1, 0.15) is 174 Å². The molecule has 15 nitrogen and oxygen atoms in total. The second-order valence-corrected chi connectivity index (χ2v) is 17.3. The van der Waals surface area contributed by atoms with Crippen molar-refractivity contribution in [3.05, 3.63) is 24.3 Å². The fourth-order valence-electron chi connectivity index (χ4n) is 7.56. The van der Waals surface area contributed by atoms with Crippen LogP contribution >= 0.6 is 0 Å². The SMILES string of the molecule is CCCCC/C=C/CCCCCCCC(=O)OC[C@H](CO[C@@H]1O[C@H](CO[C@@H]2O[C@H](CO)[C@H](O)C(O)C2O)[C@H](O)C(O)C1O)OC(=O)CCCC/C=C/CCCCCCCCCCC. The van der Waals surface area contributed by atoms with Crippen molar-refractivity contribution in [3.8, 4) is 0 Å². The predicted octanol–water partition coefficient (Wildman–Crippen LogP) is 5.99. The van der Waals surface area contributed by atoms with Crippen molar-refractivity contribution in [2.75, 3.05) is 26.4 Å². The Hall–Kier alpha value is -2.02. The summed E-state index contributed by atoms with van der Waals surface area (Å²) in [6.07, 6.45) is 17.9. The zero-order chi connectivity index (χ0) is 46.1. The molecule has 0 aromatic carbocycles. The van der Waals surface area contributed by atoms with E-state index < -0.39 is 99.3 Å². The summed E-state index contributed by atoms with van der Waals surface area (Å²) in [5.74, 6) is -0.960. The lowest BCUT2D eigenvalue weighted by molar-refractivity contribution is -0.332. The average Bonchev–Trinajstić information content (AvgIpc) is 3.28. The second-order valence-electron chi connectivity index (χ2n) is 17.3. The Morgan fingerprint density at radius 3 is 1.46 bits per heavy atom. The van der Waals surface area contributed by atoms with Gasteiger partial charge in [-0.15, -0.1) is 0 Å². The van der Waals surface area contributed by atoms with Crippen molar-refractivity contribution < 1.29 is 73.8 Å². The molecule has 11 atom stereocenters. The zero-order valence-electron chi connectivity index (χ0n) is 38.6. The summed E-state index contributed by atoms with van der Waals surface area (Å²) in [5, 5.41) is 71.9. The first-order valence-corrected chi connectivity index (χ1v) is 24.4. The third-order valence-corrected chi connectivity index (χ3v) is 11.7. The maximum absolute atomic E-state index is 12.9. The van der Waals surface area contributed by atoms with Gasteiger partial charge < -0.3 is 64.2 Å². The number of esters is 2. The molecule has 15 heteroatoms. The highest BCUT2D eigenvalue weighted by Gasteiger charge is 2.47. The summed E-state index contributed by atoms with van der Waals surface area (Å²) in [5.41, 5.74) is 0. The third kappa shape index (κ3) is 24.9. The average molecular weight is 903 g/mol. The first-order chi connectivity index (χ1) is 30.5. The number of carbonyl (C=O) groups is 2. The topological polar surface area (TPSA) is 231 Å². The Bertz CT molecular complexity index is 1200. The van der Waals surface area contributed by atoms with Crippen LogP contribution in [-0.4, -0.2) is 142 Å². The highest BCUT2D eigenvalue weighted by atomic mass is 16.7. The van der Waals surface area contributed by atoms with E-state index in [4.69, 9.17) is 28.4 Å². The minimum atomic E-state index is -1.77. The van der Waals surface area contributed by atoms with Crippen molar-refractivity contribution >= 4 is 11.9 Å². The van der Waals surface area contributed by atoms with Crippen molar-refractivity contribution in [1.82, 2.24) is 0 Å². The van der Waals surface area contributed by atoms with E-state index in [1.165, 1.54) is 77.0 Å². The summed E-state index contributed by atoms with van der Waals surface area (Å²) in [6.45, 7) is 2.53. The Morgan fingerprint density at radius 1 is 0.492 bits per heavy atom. The molecule has 2 heterocycles. The van der Waals surface area contributed by atoms with Gasteiger partial charge in [-0.1, -0.05) is 122 Å². The molecule has 2 aliphatic heterocycles. The van der Waals surface area contributed by atoms with Crippen LogP contribution in [0.4, 0.5) is 0 Å². The molecule has 4 unspecified atom stereocenters. The van der Waals surface area contributed by atoms with Crippen LogP contribution < -0.4 is 0 Å². The molecule has 2 rings (SSSR count). The van der Waals surface area contributed by atoms with Gasteiger partial charge in [-0.05, 0) is 64.2 Å². The first kappa shape index (κ1) is 57.1. The number of aliphatic hydroxyl groups is 7. The molecule has 0 aromatic heterocycles. The number of aliphatic hydroxyl groups excluding tert-OH is 7. The van der Waals surface area contributed by atoms with Gasteiger partial charge in [-0.25, -0.2) is 0 Å². The summed E-state index contributed by atoms with van der Waals surface area (Å²) in [7, 11) is 0. The summed E-state index contributed by atoms with van der Waals surface area (Å²) >= 11 is 0. The van der Waals surface area contributed by atoms with Gasteiger partial charge in [0, 0.05) is 12.8 Å². The van der Waals surface area contributed by atoms with E-state index in [9.17, 15) is 45.3 Å². The number of hydrogen-bond acceptors (Lipinski definition) is 15. The van der Waals surface area contributed by atoms with E-state index in [2.05, 4.69) is 38.2 Å². The van der Waals surface area contributed by atoms with Gasteiger partial charge in [-0.2, -0.15) is 0 Å². The Balaban J connectivity index is 1.85. The van der Waals surface area contributed by atoms with Crippen LogP contribution in [0, 0.1) is 0 Å². The molecule has 0 spiro atoms. The molecule has 0 radical (unpaired) electrons. The summed E-state index contributed by atoms with van der Waals surface area (Å²) in [4.78, 5) is 25.6. The molecular weight excluding hydrogens is 817 g/mol. The van der Waals surface area contributed by atoms with E-state index in [1.807, 2.05) is 0 Å². The number of carbonyl (C=O) groups excluding carboxylic acids is 2. The van der Waals surface area contributed by atoms with Crippen LogP contribution in [0.25, 0.3) is 0 Å². The lowest BCUT2D eigenvalue weighted by Gasteiger charge is -2.42. The normalized spacial score (nSPS) is 27.0. The maximum atomic E-state index is 12.9. The monoisotopic (exact) mass is 903 g/mol. The van der Waals surface area contributed by atoms with Crippen molar-refractivity contribution in [3.63, 3.8) is 0 Å².